The van der Waals surface area contributed by atoms with Gasteiger partial charge in [-0.2, -0.15) is 4.98 Å². The number of fused-ring (bicyclic) bond motifs is 1. The number of nitrogens with zero attached hydrogens (tertiary/aromatic N) is 4. The number of carbonyl (C=O) groups excluding carboxylic acids is 1. The Balaban J connectivity index is 1.75. The third-order valence-corrected chi connectivity index (χ3v) is 4.34. The molecule has 23 heavy (non-hydrogen) atoms. The number of amides is 1. The van der Waals surface area contributed by atoms with Gasteiger partial charge in [-0.15, -0.1) is 0 Å². The first kappa shape index (κ1) is 15.7. The van der Waals surface area contributed by atoms with E-state index in [-0.39, 0.29) is 11.8 Å². The highest BCUT2D eigenvalue weighted by molar-refractivity contribution is 5.88. The Kier molecular flexibility index (Phi) is 4.73. The van der Waals surface area contributed by atoms with Gasteiger partial charge in [0.1, 0.15) is 17.5 Å². The predicted molar refractivity (Wildman–Crippen MR) is 87.2 cm³/mol. The normalized spacial score (nSPS) is 18.3. The number of hydrogen-bond donors (Lipinski definition) is 1. The van der Waals surface area contributed by atoms with Crippen LogP contribution in [0, 0.1) is 12.8 Å². The van der Waals surface area contributed by atoms with Crippen LogP contribution in [-0.4, -0.2) is 40.7 Å². The van der Waals surface area contributed by atoms with E-state index in [9.17, 15) is 4.79 Å². The number of rotatable bonds is 5. The molecular weight excluding hydrogens is 294 g/mol. The maximum Gasteiger partial charge on any atom is 0.263 e. The molecule has 0 saturated carbocycles. The summed E-state index contributed by atoms with van der Waals surface area (Å²) in [5.41, 5.74) is 1.28. The predicted octanol–water partition coefficient (Wildman–Crippen LogP) is 2.06. The summed E-state index contributed by atoms with van der Waals surface area (Å²) in [5, 5.41) is 7.86. The third-order valence-electron chi connectivity index (χ3n) is 4.34. The van der Waals surface area contributed by atoms with Crippen LogP contribution >= 0.6 is 0 Å². The Morgan fingerprint density at radius 3 is 3.17 bits per heavy atom. The van der Waals surface area contributed by atoms with E-state index in [1.165, 1.54) is 6.33 Å². The van der Waals surface area contributed by atoms with E-state index in [4.69, 9.17) is 4.52 Å². The summed E-state index contributed by atoms with van der Waals surface area (Å²) in [6.07, 6.45) is 5.50. The van der Waals surface area contributed by atoms with E-state index < -0.39 is 0 Å². The van der Waals surface area contributed by atoms with Crippen molar-refractivity contribution in [3.05, 3.63) is 12.0 Å². The van der Waals surface area contributed by atoms with Crippen molar-refractivity contribution in [2.45, 2.75) is 39.5 Å². The molecule has 0 aromatic carbocycles. The van der Waals surface area contributed by atoms with Crippen LogP contribution in [0.5, 0.6) is 0 Å². The lowest BCUT2D eigenvalue weighted by Crippen LogP contribution is -2.43. The fourth-order valence-corrected chi connectivity index (χ4v) is 3.06. The standard InChI is InChI=1S/C16H23N5O2/c1-3-4-7-17-15(22)12-6-5-8-21(9-12)14-13-11(2)20-23-16(13)19-10-18-14/h10,12H,3-9H2,1-2H3,(H,17,22)/t12-/m1/s1. The van der Waals surface area contributed by atoms with Crippen LogP contribution in [0.3, 0.4) is 0 Å². The molecule has 1 aliphatic rings. The summed E-state index contributed by atoms with van der Waals surface area (Å²) in [7, 11) is 0. The second kappa shape index (κ2) is 6.93. The maximum atomic E-state index is 12.3. The molecule has 3 rings (SSSR count). The fraction of sp³-hybridized carbons (Fsp3) is 0.625. The summed E-state index contributed by atoms with van der Waals surface area (Å²) in [6, 6.07) is 0. The van der Waals surface area contributed by atoms with Gasteiger partial charge in [0.2, 0.25) is 5.91 Å². The first-order chi connectivity index (χ1) is 11.2. The van der Waals surface area contributed by atoms with Crippen molar-refractivity contribution in [2.75, 3.05) is 24.5 Å². The lowest BCUT2D eigenvalue weighted by atomic mass is 9.97. The molecule has 0 spiro atoms. The number of aromatic nitrogens is 3. The number of hydrogen-bond acceptors (Lipinski definition) is 6. The molecule has 1 saturated heterocycles. The Morgan fingerprint density at radius 2 is 2.35 bits per heavy atom. The summed E-state index contributed by atoms with van der Waals surface area (Å²) >= 11 is 0. The van der Waals surface area contributed by atoms with Crippen molar-refractivity contribution < 1.29 is 9.32 Å². The van der Waals surface area contributed by atoms with Gasteiger partial charge in [-0.25, -0.2) is 4.98 Å². The van der Waals surface area contributed by atoms with Gasteiger partial charge in [-0.3, -0.25) is 4.79 Å². The topological polar surface area (TPSA) is 84.2 Å². The summed E-state index contributed by atoms with van der Waals surface area (Å²) < 4.78 is 5.21. The molecule has 1 N–H and O–H groups in total. The zero-order valence-corrected chi connectivity index (χ0v) is 13.7. The van der Waals surface area contributed by atoms with Crippen molar-refractivity contribution in [3.8, 4) is 0 Å². The van der Waals surface area contributed by atoms with Gasteiger partial charge in [0, 0.05) is 19.6 Å². The third kappa shape index (κ3) is 3.28. The Labute approximate surface area is 135 Å². The maximum absolute atomic E-state index is 12.3. The molecule has 2 aromatic rings. The molecular formula is C16H23N5O2. The van der Waals surface area contributed by atoms with E-state index in [1.54, 1.807) is 0 Å². The van der Waals surface area contributed by atoms with Crippen LogP contribution in [0.25, 0.3) is 11.1 Å². The van der Waals surface area contributed by atoms with E-state index in [0.717, 1.165) is 55.7 Å². The SMILES string of the molecule is CCCCNC(=O)[C@@H]1CCCN(c2ncnc3onc(C)c23)C1. The van der Waals surface area contributed by atoms with Gasteiger partial charge in [-0.1, -0.05) is 18.5 Å². The second-order valence-electron chi connectivity index (χ2n) is 6.08. The molecule has 7 nitrogen and oxygen atoms in total. The van der Waals surface area contributed by atoms with E-state index >= 15 is 0 Å². The molecule has 0 aliphatic carbocycles. The highest BCUT2D eigenvalue weighted by Crippen LogP contribution is 2.29. The van der Waals surface area contributed by atoms with Crippen molar-refractivity contribution >= 4 is 22.8 Å². The molecule has 1 amide bonds. The average molecular weight is 317 g/mol. The molecule has 1 atom stereocenters. The highest BCUT2D eigenvalue weighted by atomic mass is 16.5. The summed E-state index contributed by atoms with van der Waals surface area (Å²) in [5.74, 6) is 0.973. The minimum Gasteiger partial charge on any atom is -0.356 e. The number of piperidine rings is 1. The smallest absolute Gasteiger partial charge is 0.263 e. The first-order valence-electron chi connectivity index (χ1n) is 8.30. The molecule has 124 valence electrons. The van der Waals surface area contributed by atoms with Crippen molar-refractivity contribution in [3.63, 3.8) is 0 Å². The molecule has 3 heterocycles. The lowest BCUT2D eigenvalue weighted by Gasteiger charge is -2.33. The number of unbranched alkanes of at least 4 members (excludes halogenated alkanes) is 1. The zero-order valence-electron chi connectivity index (χ0n) is 13.7. The van der Waals surface area contributed by atoms with E-state index in [2.05, 4.69) is 32.3 Å². The molecule has 1 aliphatic heterocycles. The molecule has 0 unspecified atom stereocenters. The number of aryl methyl sites for hydroxylation is 1. The second-order valence-corrected chi connectivity index (χ2v) is 6.08. The average Bonchev–Trinajstić information content (AvgIpc) is 2.97. The fourth-order valence-electron chi connectivity index (χ4n) is 3.06. The molecule has 0 bridgehead atoms. The van der Waals surface area contributed by atoms with Crippen LogP contribution in [-0.2, 0) is 4.79 Å². The quantitative estimate of drug-likeness (QED) is 0.850. The zero-order chi connectivity index (χ0) is 16.2. The van der Waals surface area contributed by atoms with Crippen molar-refractivity contribution in [1.29, 1.82) is 0 Å². The van der Waals surface area contributed by atoms with Gasteiger partial charge in [0.15, 0.2) is 0 Å². The van der Waals surface area contributed by atoms with Gasteiger partial charge in [0.05, 0.1) is 11.6 Å². The van der Waals surface area contributed by atoms with Crippen LogP contribution in [0.2, 0.25) is 0 Å². The minimum atomic E-state index is 0.00536. The Hall–Kier alpha value is -2.18. The summed E-state index contributed by atoms with van der Waals surface area (Å²) in [6.45, 7) is 6.33. The monoisotopic (exact) mass is 317 g/mol. The van der Waals surface area contributed by atoms with Gasteiger partial charge < -0.3 is 14.7 Å². The van der Waals surface area contributed by atoms with Gasteiger partial charge in [-0.05, 0) is 26.2 Å². The van der Waals surface area contributed by atoms with Crippen molar-refractivity contribution in [1.82, 2.24) is 20.4 Å². The number of carbonyl (C=O) groups is 1. The van der Waals surface area contributed by atoms with Crippen LogP contribution < -0.4 is 10.2 Å². The van der Waals surface area contributed by atoms with E-state index in [1.807, 2.05) is 6.92 Å². The highest BCUT2D eigenvalue weighted by Gasteiger charge is 2.28. The molecule has 1 fully saturated rings. The molecule has 0 radical (unpaired) electrons. The number of anilines is 1. The summed E-state index contributed by atoms with van der Waals surface area (Å²) in [4.78, 5) is 23.0. The van der Waals surface area contributed by atoms with Gasteiger partial charge in [0.25, 0.3) is 5.71 Å². The van der Waals surface area contributed by atoms with Crippen LogP contribution in [0.4, 0.5) is 5.82 Å². The van der Waals surface area contributed by atoms with Crippen LogP contribution in [0.1, 0.15) is 38.3 Å². The van der Waals surface area contributed by atoms with E-state index in [0.29, 0.717) is 12.3 Å². The Bertz CT molecular complexity index is 684. The lowest BCUT2D eigenvalue weighted by molar-refractivity contribution is -0.125. The van der Waals surface area contributed by atoms with Crippen molar-refractivity contribution in [2.24, 2.45) is 5.92 Å². The molecule has 7 heteroatoms. The Morgan fingerprint density at radius 1 is 1.48 bits per heavy atom. The largest absolute Gasteiger partial charge is 0.356 e. The molecule has 2 aromatic heterocycles. The minimum absolute atomic E-state index is 0.00536. The first-order valence-corrected chi connectivity index (χ1v) is 8.30. The number of nitrogens with one attached hydrogen (secondary N) is 1. The van der Waals surface area contributed by atoms with Gasteiger partial charge >= 0.3 is 0 Å². The van der Waals surface area contributed by atoms with Crippen LogP contribution in [0.15, 0.2) is 10.9 Å².